The minimum absolute atomic E-state index is 0.0397. The van der Waals surface area contributed by atoms with Crippen molar-refractivity contribution in [3.8, 4) is 0 Å². The lowest BCUT2D eigenvalue weighted by Crippen LogP contribution is -2.37. The van der Waals surface area contributed by atoms with Crippen molar-refractivity contribution in [3.63, 3.8) is 0 Å². The third-order valence-electron chi connectivity index (χ3n) is 7.96. The van der Waals surface area contributed by atoms with Crippen molar-refractivity contribution in [1.82, 2.24) is 0 Å². The number of carbonyl (C=O) groups is 2. The first-order chi connectivity index (χ1) is 24.0. The number of phosphoric acid groups is 1. The van der Waals surface area contributed by atoms with Crippen LogP contribution in [0.4, 0.5) is 0 Å². The molecule has 0 radical (unpaired) electrons. The average molecular weight is 726 g/mol. The van der Waals surface area contributed by atoms with Gasteiger partial charge in [0.2, 0.25) is 0 Å². The molecule has 9 nitrogen and oxygen atoms in total. The molecule has 0 aliphatic heterocycles. The van der Waals surface area contributed by atoms with Gasteiger partial charge in [-0.3, -0.25) is 14.2 Å². The molecule has 0 aliphatic rings. The van der Waals surface area contributed by atoms with Gasteiger partial charge in [-0.15, -0.1) is 0 Å². The fraction of sp³-hybridized carbons (Fsp3) is 0.750. The van der Waals surface area contributed by atoms with E-state index in [9.17, 15) is 19.0 Å². The summed E-state index contributed by atoms with van der Waals surface area (Å²) in [5, 5.41) is 0. The van der Waals surface area contributed by atoms with Gasteiger partial charge in [0.25, 0.3) is 7.82 Å². The van der Waals surface area contributed by atoms with Crippen LogP contribution in [0.5, 0.6) is 0 Å². The van der Waals surface area contributed by atoms with Gasteiger partial charge in [0.1, 0.15) is 19.8 Å². The number of likely N-dealkylation sites (N-methyl/N-ethyl adjacent to an activating group) is 1. The maximum absolute atomic E-state index is 12.6. The van der Waals surface area contributed by atoms with Gasteiger partial charge in [0.05, 0.1) is 27.7 Å². The van der Waals surface area contributed by atoms with Crippen LogP contribution >= 0.6 is 7.82 Å². The molecule has 0 fully saturated rings. The highest BCUT2D eigenvalue weighted by atomic mass is 31.2. The summed E-state index contributed by atoms with van der Waals surface area (Å²) in [6.07, 6.45) is 35.7. The molecule has 0 heterocycles. The molecule has 0 aromatic rings. The van der Waals surface area contributed by atoms with E-state index in [2.05, 4.69) is 26.0 Å². The number of ether oxygens (including phenoxy) is 2. The van der Waals surface area contributed by atoms with Crippen molar-refractivity contribution in [2.75, 3.05) is 47.5 Å². The number of hydrogen-bond donors (Lipinski definition) is 0. The summed E-state index contributed by atoms with van der Waals surface area (Å²) in [6.45, 7) is 4.01. The van der Waals surface area contributed by atoms with Crippen molar-refractivity contribution in [1.29, 1.82) is 0 Å². The van der Waals surface area contributed by atoms with Crippen molar-refractivity contribution in [3.05, 3.63) is 48.6 Å². The zero-order valence-electron chi connectivity index (χ0n) is 32.3. The SMILES string of the molecule is CC/C=C/C=C/C=C/C=C/CCCCCC(=O)OC(COC(=O)CCCCCCCCCCCCCCC)COP(=O)([O-])OCC[N+](C)(C)C. The molecule has 0 aliphatic carbocycles. The maximum atomic E-state index is 12.6. The number of rotatable bonds is 34. The van der Waals surface area contributed by atoms with Crippen LogP contribution in [0.25, 0.3) is 0 Å². The minimum Gasteiger partial charge on any atom is -0.756 e. The van der Waals surface area contributed by atoms with Crippen molar-refractivity contribution in [2.24, 2.45) is 0 Å². The Balaban J connectivity index is 4.50. The monoisotopic (exact) mass is 725 g/mol. The molecule has 0 spiro atoms. The van der Waals surface area contributed by atoms with E-state index in [1.165, 1.54) is 64.2 Å². The highest BCUT2D eigenvalue weighted by Gasteiger charge is 2.21. The number of quaternary nitrogens is 1. The second-order valence-corrected chi connectivity index (χ2v) is 15.4. The zero-order valence-corrected chi connectivity index (χ0v) is 33.2. The molecule has 0 aromatic heterocycles. The summed E-state index contributed by atoms with van der Waals surface area (Å²) in [5.41, 5.74) is 0. The molecular formula is C40H72NO8P. The van der Waals surface area contributed by atoms with Crippen LogP contribution in [-0.4, -0.2) is 70.0 Å². The molecule has 0 bridgehead atoms. The Kier molecular flexibility index (Phi) is 31.5. The van der Waals surface area contributed by atoms with Crippen LogP contribution < -0.4 is 4.89 Å². The molecule has 0 saturated carbocycles. The van der Waals surface area contributed by atoms with E-state index in [-0.39, 0.29) is 26.1 Å². The molecule has 0 rings (SSSR count). The van der Waals surface area contributed by atoms with Crippen LogP contribution in [0.15, 0.2) is 48.6 Å². The Labute approximate surface area is 305 Å². The second-order valence-electron chi connectivity index (χ2n) is 14.0. The van der Waals surface area contributed by atoms with Gasteiger partial charge in [-0.1, -0.05) is 146 Å². The predicted octanol–water partition coefficient (Wildman–Crippen LogP) is 9.72. The number of nitrogens with zero attached hydrogens (tertiary/aromatic N) is 1. The summed E-state index contributed by atoms with van der Waals surface area (Å²) >= 11 is 0. The third-order valence-corrected chi connectivity index (χ3v) is 8.92. The Bertz CT molecular complexity index is 1000. The normalized spacial score (nSPS) is 14.3. The van der Waals surface area contributed by atoms with E-state index in [0.717, 1.165) is 44.9 Å². The lowest BCUT2D eigenvalue weighted by Gasteiger charge is -2.28. The number of esters is 2. The van der Waals surface area contributed by atoms with Gasteiger partial charge < -0.3 is 27.9 Å². The van der Waals surface area contributed by atoms with E-state index in [1.54, 1.807) is 0 Å². The zero-order chi connectivity index (χ0) is 37.2. The molecule has 0 N–H and O–H groups in total. The fourth-order valence-electron chi connectivity index (χ4n) is 4.90. The highest BCUT2D eigenvalue weighted by Crippen LogP contribution is 2.38. The fourth-order valence-corrected chi connectivity index (χ4v) is 5.63. The summed E-state index contributed by atoms with van der Waals surface area (Å²) in [5.74, 6) is -0.883. The summed E-state index contributed by atoms with van der Waals surface area (Å²) in [4.78, 5) is 37.3. The number of hydrogen-bond acceptors (Lipinski definition) is 8. The Morgan fingerprint density at radius 3 is 1.70 bits per heavy atom. The molecule has 50 heavy (non-hydrogen) atoms. The van der Waals surface area contributed by atoms with E-state index < -0.39 is 32.5 Å². The first-order valence-corrected chi connectivity index (χ1v) is 20.9. The number of carbonyl (C=O) groups excluding carboxylic acids is 2. The molecule has 2 atom stereocenters. The molecule has 0 saturated heterocycles. The standard InChI is InChI=1S/C40H72NO8P/c1-6-8-10-12-14-16-18-20-22-24-26-28-30-32-39(42)46-36-38(37-48-50(44,45)47-35-34-41(3,4)5)49-40(43)33-31-29-27-25-23-21-19-17-15-13-11-9-7-2/h9,11,13,15,17,19,21,23,38H,6-8,10,12,14,16,18,20,22,24-37H2,1-5H3/b11-9+,15-13+,19-17+,23-21+. The van der Waals surface area contributed by atoms with Crippen LogP contribution in [0.1, 0.15) is 142 Å². The van der Waals surface area contributed by atoms with Gasteiger partial charge in [-0.05, 0) is 32.1 Å². The molecule has 10 heteroatoms. The highest BCUT2D eigenvalue weighted by molar-refractivity contribution is 7.45. The molecular weight excluding hydrogens is 653 g/mol. The van der Waals surface area contributed by atoms with Crippen LogP contribution in [0.2, 0.25) is 0 Å². The summed E-state index contributed by atoms with van der Waals surface area (Å²) in [6, 6.07) is 0. The topological polar surface area (TPSA) is 111 Å². The van der Waals surface area contributed by atoms with Crippen LogP contribution in [0.3, 0.4) is 0 Å². The quantitative estimate of drug-likeness (QED) is 0.0212. The van der Waals surface area contributed by atoms with E-state index in [0.29, 0.717) is 17.4 Å². The molecule has 0 aromatic carbocycles. The van der Waals surface area contributed by atoms with Crippen LogP contribution in [-0.2, 0) is 32.7 Å². The predicted molar refractivity (Wildman–Crippen MR) is 203 cm³/mol. The van der Waals surface area contributed by atoms with E-state index in [1.807, 2.05) is 57.6 Å². The lowest BCUT2D eigenvalue weighted by molar-refractivity contribution is -0.870. The average Bonchev–Trinajstić information content (AvgIpc) is 3.06. The Hall–Kier alpha value is -2.03. The first kappa shape index (κ1) is 48.0. The Morgan fingerprint density at radius 2 is 1.14 bits per heavy atom. The summed E-state index contributed by atoms with van der Waals surface area (Å²) in [7, 11) is 1.13. The number of phosphoric ester groups is 1. The smallest absolute Gasteiger partial charge is 0.306 e. The van der Waals surface area contributed by atoms with Gasteiger partial charge in [0.15, 0.2) is 6.10 Å². The van der Waals surface area contributed by atoms with Gasteiger partial charge in [-0.25, -0.2) is 0 Å². The molecule has 0 amide bonds. The third kappa shape index (κ3) is 35.8. The largest absolute Gasteiger partial charge is 0.756 e. The van der Waals surface area contributed by atoms with Crippen molar-refractivity contribution in [2.45, 2.75) is 148 Å². The van der Waals surface area contributed by atoms with Gasteiger partial charge in [-0.2, -0.15) is 0 Å². The van der Waals surface area contributed by atoms with Crippen molar-refractivity contribution < 1.29 is 42.1 Å². The number of allylic oxidation sites excluding steroid dienone is 8. The summed E-state index contributed by atoms with van der Waals surface area (Å²) < 4.78 is 33.7. The van der Waals surface area contributed by atoms with Crippen LogP contribution in [0, 0.1) is 0 Å². The van der Waals surface area contributed by atoms with E-state index >= 15 is 0 Å². The lowest BCUT2D eigenvalue weighted by atomic mass is 10.0. The maximum Gasteiger partial charge on any atom is 0.306 e. The molecule has 2 unspecified atom stereocenters. The minimum atomic E-state index is -4.63. The van der Waals surface area contributed by atoms with Crippen molar-refractivity contribution >= 4 is 19.8 Å². The number of unbranched alkanes of at least 4 members (excludes halogenated alkanes) is 15. The van der Waals surface area contributed by atoms with Gasteiger partial charge >= 0.3 is 11.9 Å². The first-order valence-electron chi connectivity index (χ1n) is 19.4. The van der Waals surface area contributed by atoms with Gasteiger partial charge in [0, 0.05) is 12.8 Å². The molecule has 290 valence electrons. The van der Waals surface area contributed by atoms with E-state index in [4.69, 9.17) is 18.5 Å². The Morgan fingerprint density at radius 1 is 0.640 bits per heavy atom. The second kappa shape index (κ2) is 32.8.